The summed E-state index contributed by atoms with van der Waals surface area (Å²) in [5.41, 5.74) is 0. The monoisotopic (exact) mass is 166 g/mol. The van der Waals surface area contributed by atoms with Crippen molar-refractivity contribution in [3.63, 3.8) is 0 Å². The molecule has 2 rings (SSSR count). The van der Waals surface area contributed by atoms with E-state index < -0.39 is 0 Å². The predicted octanol–water partition coefficient (Wildman–Crippen LogP) is 2.94. The van der Waals surface area contributed by atoms with E-state index in [9.17, 15) is 4.79 Å². The molecule has 0 aromatic carbocycles. The van der Waals surface area contributed by atoms with Crippen molar-refractivity contribution in [2.75, 3.05) is 0 Å². The second kappa shape index (κ2) is 3.59. The number of fused-ring (bicyclic) bond motifs is 1. The fraction of sp³-hybridized carbons (Fsp3) is 0.909. The van der Waals surface area contributed by atoms with Crippen molar-refractivity contribution in [1.82, 2.24) is 0 Å². The molecule has 0 amide bonds. The van der Waals surface area contributed by atoms with E-state index in [0.29, 0.717) is 5.78 Å². The quantitative estimate of drug-likeness (QED) is 0.540. The highest BCUT2D eigenvalue weighted by Gasteiger charge is 2.29. The lowest BCUT2D eigenvalue weighted by molar-refractivity contribution is -0.122. The van der Waals surface area contributed by atoms with E-state index >= 15 is 0 Å². The third kappa shape index (κ3) is 1.70. The van der Waals surface area contributed by atoms with Crippen LogP contribution in [-0.2, 0) is 4.79 Å². The summed E-state index contributed by atoms with van der Waals surface area (Å²) in [5.74, 6) is 2.21. The Kier molecular flexibility index (Phi) is 2.48. The highest BCUT2D eigenvalue weighted by Crippen LogP contribution is 2.37. The Balaban J connectivity index is 1.99. The average molecular weight is 166 g/mol. The molecule has 0 aromatic rings. The first-order valence-electron chi connectivity index (χ1n) is 5.38. The third-order valence-electron chi connectivity index (χ3n) is 3.60. The minimum atomic E-state index is 0.526. The molecule has 0 aliphatic heterocycles. The summed E-state index contributed by atoms with van der Waals surface area (Å²) in [6, 6.07) is 0. The first-order valence-corrected chi connectivity index (χ1v) is 5.38. The minimum Gasteiger partial charge on any atom is -0.300 e. The Morgan fingerprint density at radius 1 is 0.917 bits per heavy atom. The van der Waals surface area contributed by atoms with Crippen molar-refractivity contribution >= 4 is 5.78 Å². The van der Waals surface area contributed by atoms with Crippen LogP contribution in [0.25, 0.3) is 0 Å². The van der Waals surface area contributed by atoms with Gasteiger partial charge in [-0.2, -0.15) is 0 Å². The van der Waals surface area contributed by atoms with Gasteiger partial charge < -0.3 is 0 Å². The molecule has 0 radical (unpaired) electrons. The molecule has 0 N–H and O–H groups in total. The summed E-state index contributed by atoms with van der Waals surface area (Å²) < 4.78 is 0. The van der Waals surface area contributed by atoms with E-state index in [1.54, 1.807) is 0 Å². The fourth-order valence-corrected chi connectivity index (χ4v) is 2.85. The van der Waals surface area contributed by atoms with Gasteiger partial charge in [0, 0.05) is 12.8 Å². The van der Waals surface area contributed by atoms with Gasteiger partial charge >= 0.3 is 0 Å². The molecule has 0 aromatic heterocycles. The van der Waals surface area contributed by atoms with Crippen LogP contribution in [0, 0.1) is 11.8 Å². The topological polar surface area (TPSA) is 17.1 Å². The summed E-state index contributed by atoms with van der Waals surface area (Å²) in [4.78, 5) is 11.2. The minimum absolute atomic E-state index is 0.526. The lowest BCUT2D eigenvalue weighted by Gasteiger charge is -2.28. The maximum absolute atomic E-state index is 11.2. The van der Waals surface area contributed by atoms with Gasteiger partial charge in [0.1, 0.15) is 5.78 Å². The number of carbonyl (C=O) groups excluding carboxylic acids is 1. The number of ketones is 1. The zero-order chi connectivity index (χ0) is 8.39. The Hall–Kier alpha value is -0.330. The maximum atomic E-state index is 11.2. The summed E-state index contributed by atoms with van der Waals surface area (Å²) in [6.45, 7) is 0. The van der Waals surface area contributed by atoms with E-state index in [1.807, 2.05) is 0 Å². The van der Waals surface area contributed by atoms with Gasteiger partial charge in [-0.15, -0.1) is 0 Å². The van der Waals surface area contributed by atoms with E-state index in [-0.39, 0.29) is 0 Å². The molecular weight excluding hydrogens is 148 g/mol. The zero-order valence-corrected chi connectivity index (χ0v) is 7.72. The van der Waals surface area contributed by atoms with Crippen molar-refractivity contribution in [2.24, 2.45) is 11.8 Å². The van der Waals surface area contributed by atoms with Gasteiger partial charge in [0.25, 0.3) is 0 Å². The van der Waals surface area contributed by atoms with Gasteiger partial charge in [0.2, 0.25) is 0 Å². The molecule has 2 atom stereocenters. The van der Waals surface area contributed by atoms with Crippen LogP contribution in [0.5, 0.6) is 0 Å². The summed E-state index contributed by atoms with van der Waals surface area (Å²) in [7, 11) is 0. The first-order chi connectivity index (χ1) is 5.86. The van der Waals surface area contributed by atoms with Gasteiger partial charge in [0.15, 0.2) is 0 Å². The lowest BCUT2D eigenvalue weighted by Crippen LogP contribution is -2.23. The molecular formula is C11H18O. The zero-order valence-electron chi connectivity index (χ0n) is 7.72. The third-order valence-corrected chi connectivity index (χ3v) is 3.60. The molecule has 0 spiro atoms. The predicted molar refractivity (Wildman–Crippen MR) is 48.9 cm³/mol. The van der Waals surface area contributed by atoms with Gasteiger partial charge in [-0.25, -0.2) is 0 Å². The van der Waals surface area contributed by atoms with E-state index in [1.165, 1.54) is 38.5 Å². The normalized spacial score (nSPS) is 37.2. The molecule has 2 aliphatic carbocycles. The molecule has 0 heterocycles. The standard InChI is InChI=1S/C11H18O/c12-11-7-6-9-4-2-1-3-5-10(9)8-11/h9-10H,1-8H2/t9-,10+/m1/s1. The second-order valence-electron chi connectivity index (χ2n) is 4.44. The number of hydrogen-bond acceptors (Lipinski definition) is 1. The van der Waals surface area contributed by atoms with Crippen molar-refractivity contribution in [2.45, 2.75) is 51.4 Å². The Morgan fingerprint density at radius 3 is 2.50 bits per heavy atom. The molecule has 1 nitrogen and oxygen atoms in total. The Morgan fingerprint density at radius 2 is 1.67 bits per heavy atom. The van der Waals surface area contributed by atoms with Crippen LogP contribution in [0.15, 0.2) is 0 Å². The SMILES string of the molecule is O=C1CC[C@H]2CCCCC[C@H]2C1. The fourth-order valence-electron chi connectivity index (χ4n) is 2.85. The molecule has 68 valence electrons. The number of hydrogen-bond donors (Lipinski definition) is 0. The van der Waals surface area contributed by atoms with Crippen LogP contribution in [0.3, 0.4) is 0 Å². The smallest absolute Gasteiger partial charge is 0.133 e. The Bertz CT molecular complexity index is 174. The summed E-state index contributed by atoms with van der Waals surface area (Å²) >= 11 is 0. The number of Topliss-reactive ketones (excluding diaryl/α,β-unsaturated/α-hetero) is 1. The molecule has 0 saturated heterocycles. The lowest BCUT2D eigenvalue weighted by atomic mass is 9.76. The van der Waals surface area contributed by atoms with Gasteiger partial charge in [-0.05, 0) is 24.7 Å². The van der Waals surface area contributed by atoms with Gasteiger partial charge in [0.05, 0.1) is 0 Å². The van der Waals surface area contributed by atoms with Crippen LogP contribution in [0.1, 0.15) is 51.4 Å². The first kappa shape index (κ1) is 8.28. The molecule has 2 fully saturated rings. The highest BCUT2D eigenvalue weighted by atomic mass is 16.1. The molecule has 12 heavy (non-hydrogen) atoms. The largest absolute Gasteiger partial charge is 0.300 e. The van der Waals surface area contributed by atoms with Crippen LogP contribution in [0.2, 0.25) is 0 Å². The van der Waals surface area contributed by atoms with Crippen molar-refractivity contribution in [3.05, 3.63) is 0 Å². The van der Waals surface area contributed by atoms with Crippen LogP contribution >= 0.6 is 0 Å². The molecule has 1 heteroatoms. The van der Waals surface area contributed by atoms with Crippen molar-refractivity contribution in [1.29, 1.82) is 0 Å². The molecule has 2 saturated carbocycles. The molecule has 0 unspecified atom stereocenters. The molecule has 0 bridgehead atoms. The van der Waals surface area contributed by atoms with Crippen LogP contribution in [-0.4, -0.2) is 5.78 Å². The number of rotatable bonds is 0. The van der Waals surface area contributed by atoms with Gasteiger partial charge in [-0.1, -0.05) is 25.7 Å². The number of carbonyl (C=O) groups is 1. The molecule has 2 aliphatic rings. The van der Waals surface area contributed by atoms with Crippen LogP contribution in [0.4, 0.5) is 0 Å². The second-order valence-corrected chi connectivity index (χ2v) is 4.44. The van der Waals surface area contributed by atoms with E-state index in [0.717, 1.165) is 24.7 Å². The van der Waals surface area contributed by atoms with Gasteiger partial charge in [-0.3, -0.25) is 4.79 Å². The van der Waals surface area contributed by atoms with Crippen molar-refractivity contribution in [3.8, 4) is 0 Å². The van der Waals surface area contributed by atoms with Crippen molar-refractivity contribution < 1.29 is 4.79 Å². The van der Waals surface area contributed by atoms with Crippen LogP contribution < -0.4 is 0 Å². The maximum Gasteiger partial charge on any atom is 0.133 e. The van der Waals surface area contributed by atoms with E-state index in [4.69, 9.17) is 0 Å². The summed E-state index contributed by atoms with van der Waals surface area (Å²) in [5, 5.41) is 0. The van der Waals surface area contributed by atoms with E-state index in [2.05, 4.69) is 0 Å². The summed E-state index contributed by atoms with van der Waals surface area (Å²) in [6.07, 6.45) is 9.90. The Labute approximate surface area is 74.5 Å². The highest BCUT2D eigenvalue weighted by molar-refractivity contribution is 5.79. The average Bonchev–Trinajstić information content (AvgIpc) is 2.28.